The van der Waals surface area contributed by atoms with Crippen LogP contribution < -0.4 is 15.4 Å². The van der Waals surface area contributed by atoms with Gasteiger partial charge in [-0.25, -0.2) is 14.2 Å². The number of amides is 2. The van der Waals surface area contributed by atoms with Gasteiger partial charge in [-0.15, -0.1) is 0 Å². The second-order valence-corrected chi connectivity index (χ2v) is 16.4. The van der Waals surface area contributed by atoms with E-state index in [0.717, 1.165) is 0 Å². The van der Waals surface area contributed by atoms with E-state index in [4.69, 9.17) is 25.5 Å². The molecule has 0 fully saturated rings. The van der Waals surface area contributed by atoms with Crippen molar-refractivity contribution in [3.8, 4) is 17.0 Å². The number of halogens is 2. The summed E-state index contributed by atoms with van der Waals surface area (Å²) in [6, 6.07) is 5.88. The summed E-state index contributed by atoms with van der Waals surface area (Å²) in [6.07, 6.45) is 0.609. The number of urea groups is 1. The number of ether oxygens (including phenoxy) is 2. The lowest BCUT2D eigenvalue weighted by atomic mass is 10.0. The molecule has 0 aliphatic rings. The van der Waals surface area contributed by atoms with Crippen molar-refractivity contribution >= 4 is 31.6 Å². The predicted molar refractivity (Wildman–Crippen MR) is 151 cm³/mol. The molecule has 1 aromatic carbocycles. The van der Waals surface area contributed by atoms with Crippen molar-refractivity contribution in [3.05, 3.63) is 40.8 Å². The van der Waals surface area contributed by atoms with Crippen molar-refractivity contribution < 1.29 is 23.1 Å². The molecule has 2 aromatic rings. The maximum Gasteiger partial charge on any atom is 0.319 e. The van der Waals surface area contributed by atoms with Crippen LogP contribution in [0.5, 0.6) is 5.88 Å². The summed E-state index contributed by atoms with van der Waals surface area (Å²) in [5.74, 6) is -0.189. The number of benzene rings is 1. The molecule has 0 aliphatic heterocycles. The van der Waals surface area contributed by atoms with Crippen LogP contribution in [0.4, 0.5) is 14.9 Å². The SMILES string of the molecule is COC(C)(C)CCNC(=O)Nc1cc(-c2cc(Cl)nc(OCCO[Si](C)(C)C(C)(C)C)c2)c(C)cc1F. The highest BCUT2D eigenvalue weighted by atomic mass is 35.5. The van der Waals surface area contributed by atoms with Crippen molar-refractivity contribution in [1.82, 2.24) is 10.3 Å². The standard InChI is InChI=1S/C27H41ClFN3O4Si/c1-18-14-21(29)22(31-25(33)30-11-10-27(5,6)34-7)17-20(18)19-15-23(28)32-24(16-19)35-12-13-36-37(8,9)26(2,3)4/h14-17H,10-13H2,1-9H3,(H2,30,31,33). The summed E-state index contributed by atoms with van der Waals surface area (Å²) < 4.78 is 32.0. The Bertz CT molecular complexity index is 1090. The van der Waals surface area contributed by atoms with E-state index in [1.165, 1.54) is 6.07 Å². The smallest absolute Gasteiger partial charge is 0.319 e. The minimum atomic E-state index is -1.88. The largest absolute Gasteiger partial charge is 0.475 e. The van der Waals surface area contributed by atoms with Crippen LogP contribution in [0, 0.1) is 12.7 Å². The third-order valence-electron chi connectivity index (χ3n) is 6.81. The molecule has 2 amide bonds. The zero-order chi connectivity index (χ0) is 28.0. The van der Waals surface area contributed by atoms with E-state index in [2.05, 4.69) is 49.5 Å². The quantitative estimate of drug-likeness (QED) is 0.175. The minimum absolute atomic E-state index is 0.0577. The first-order valence-electron chi connectivity index (χ1n) is 12.4. The van der Waals surface area contributed by atoms with Crippen LogP contribution in [0.1, 0.15) is 46.6 Å². The van der Waals surface area contributed by atoms with Gasteiger partial charge in [0.05, 0.1) is 17.9 Å². The lowest BCUT2D eigenvalue weighted by Crippen LogP contribution is -2.41. The number of carbonyl (C=O) groups excluding carboxylic acids is 1. The fourth-order valence-corrected chi connectivity index (χ4v) is 4.41. The Hall–Kier alpha value is -2.20. The third kappa shape index (κ3) is 9.24. The summed E-state index contributed by atoms with van der Waals surface area (Å²) in [6.45, 7) is 17.7. The van der Waals surface area contributed by atoms with Gasteiger partial charge in [0.15, 0.2) is 8.32 Å². The number of nitrogens with one attached hydrogen (secondary N) is 2. The van der Waals surface area contributed by atoms with Gasteiger partial charge in [-0.05, 0) is 80.2 Å². The number of nitrogens with zero attached hydrogens (tertiary/aromatic N) is 1. The lowest BCUT2D eigenvalue weighted by Gasteiger charge is -2.36. The minimum Gasteiger partial charge on any atom is -0.475 e. The number of methoxy groups -OCH3 is 1. The van der Waals surface area contributed by atoms with E-state index in [1.807, 2.05) is 13.8 Å². The Balaban J connectivity index is 2.12. The van der Waals surface area contributed by atoms with E-state index < -0.39 is 20.2 Å². The van der Waals surface area contributed by atoms with Crippen LogP contribution >= 0.6 is 11.6 Å². The Morgan fingerprint density at radius 1 is 1.11 bits per heavy atom. The Kier molecular flexibility index (Phi) is 10.5. The highest BCUT2D eigenvalue weighted by Crippen LogP contribution is 2.36. The second-order valence-electron chi connectivity index (χ2n) is 11.2. The maximum atomic E-state index is 14.7. The van der Waals surface area contributed by atoms with Crippen molar-refractivity contribution in [2.75, 3.05) is 32.2 Å². The van der Waals surface area contributed by atoms with Crippen LogP contribution in [-0.4, -0.2) is 51.8 Å². The molecule has 0 bridgehead atoms. The van der Waals surface area contributed by atoms with Crippen LogP contribution in [0.25, 0.3) is 11.1 Å². The zero-order valence-electron chi connectivity index (χ0n) is 23.5. The Labute approximate surface area is 226 Å². The Morgan fingerprint density at radius 2 is 1.78 bits per heavy atom. The van der Waals surface area contributed by atoms with Gasteiger partial charge in [-0.3, -0.25) is 0 Å². The number of rotatable bonds is 11. The molecular formula is C27H41ClFN3O4Si. The molecule has 0 saturated heterocycles. The number of aryl methyl sites for hydroxylation is 1. The average molecular weight is 554 g/mol. The topological polar surface area (TPSA) is 81.7 Å². The number of pyridine rings is 1. The third-order valence-corrected chi connectivity index (χ3v) is 11.5. The normalized spacial score (nSPS) is 12.4. The van der Waals surface area contributed by atoms with Gasteiger partial charge >= 0.3 is 6.03 Å². The van der Waals surface area contributed by atoms with Crippen molar-refractivity contribution in [2.45, 2.75) is 71.7 Å². The second kappa shape index (κ2) is 12.6. The molecule has 0 spiro atoms. The summed E-state index contributed by atoms with van der Waals surface area (Å²) >= 11 is 6.28. The molecule has 0 saturated carbocycles. The first-order chi connectivity index (χ1) is 17.0. The molecule has 0 unspecified atom stereocenters. The zero-order valence-corrected chi connectivity index (χ0v) is 25.2. The van der Waals surface area contributed by atoms with E-state index >= 15 is 0 Å². The molecule has 0 radical (unpaired) electrons. The van der Waals surface area contributed by atoms with Crippen molar-refractivity contribution in [2.24, 2.45) is 0 Å². The average Bonchev–Trinajstić information content (AvgIpc) is 2.77. The first kappa shape index (κ1) is 31.0. The summed E-state index contributed by atoms with van der Waals surface area (Å²) in [4.78, 5) is 16.6. The van der Waals surface area contributed by atoms with Crippen LogP contribution in [0.15, 0.2) is 24.3 Å². The molecule has 2 rings (SSSR count). The summed E-state index contributed by atoms with van der Waals surface area (Å²) in [5.41, 5.74) is 1.77. The predicted octanol–water partition coefficient (Wildman–Crippen LogP) is 7.19. The summed E-state index contributed by atoms with van der Waals surface area (Å²) in [7, 11) is -0.259. The molecule has 1 heterocycles. The van der Waals surface area contributed by atoms with Crippen LogP contribution in [-0.2, 0) is 9.16 Å². The van der Waals surface area contributed by atoms with Gasteiger partial charge in [0.1, 0.15) is 17.6 Å². The van der Waals surface area contributed by atoms with Crippen LogP contribution in [0.2, 0.25) is 23.3 Å². The maximum absolute atomic E-state index is 14.7. The highest BCUT2D eigenvalue weighted by Gasteiger charge is 2.36. The monoisotopic (exact) mass is 553 g/mol. The number of carbonyl (C=O) groups is 1. The highest BCUT2D eigenvalue weighted by molar-refractivity contribution is 6.74. The van der Waals surface area contributed by atoms with E-state index in [9.17, 15) is 9.18 Å². The molecular weight excluding hydrogens is 513 g/mol. The van der Waals surface area contributed by atoms with E-state index in [1.54, 1.807) is 32.2 Å². The van der Waals surface area contributed by atoms with Crippen molar-refractivity contribution in [1.29, 1.82) is 0 Å². The Morgan fingerprint density at radius 3 is 2.41 bits per heavy atom. The molecule has 7 nitrogen and oxygen atoms in total. The first-order valence-corrected chi connectivity index (χ1v) is 15.7. The van der Waals surface area contributed by atoms with Gasteiger partial charge in [0.25, 0.3) is 0 Å². The van der Waals surface area contributed by atoms with Crippen molar-refractivity contribution in [3.63, 3.8) is 0 Å². The van der Waals surface area contributed by atoms with Crippen LogP contribution in [0.3, 0.4) is 0 Å². The molecule has 0 aliphatic carbocycles. The lowest BCUT2D eigenvalue weighted by molar-refractivity contribution is 0.0165. The fourth-order valence-electron chi connectivity index (χ4n) is 3.19. The molecule has 10 heteroatoms. The number of anilines is 1. The number of aromatic nitrogens is 1. The molecule has 206 valence electrons. The van der Waals surface area contributed by atoms with Gasteiger partial charge in [0.2, 0.25) is 5.88 Å². The van der Waals surface area contributed by atoms with E-state index in [-0.39, 0.29) is 21.5 Å². The van der Waals surface area contributed by atoms with Gasteiger partial charge in [-0.2, -0.15) is 0 Å². The van der Waals surface area contributed by atoms with E-state index in [0.29, 0.717) is 48.7 Å². The molecule has 37 heavy (non-hydrogen) atoms. The van der Waals surface area contributed by atoms with Gasteiger partial charge in [0, 0.05) is 19.7 Å². The molecule has 0 atom stereocenters. The number of hydrogen-bond acceptors (Lipinski definition) is 5. The van der Waals surface area contributed by atoms with Gasteiger partial charge < -0.3 is 24.5 Å². The summed E-state index contributed by atoms with van der Waals surface area (Å²) in [5, 5.41) is 5.68. The van der Waals surface area contributed by atoms with Gasteiger partial charge in [-0.1, -0.05) is 32.4 Å². The molecule has 2 N–H and O–H groups in total. The number of hydrogen-bond donors (Lipinski definition) is 2. The molecule has 1 aromatic heterocycles. The fraction of sp³-hybridized carbons (Fsp3) is 0.556.